The Labute approximate surface area is 174 Å². The largest absolute Gasteiger partial charge is 0.486 e. The van der Waals surface area contributed by atoms with Gasteiger partial charge in [-0.3, -0.25) is 4.79 Å². The van der Waals surface area contributed by atoms with Crippen molar-refractivity contribution in [3.63, 3.8) is 0 Å². The third-order valence-electron chi connectivity index (χ3n) is 6.90. The van der Waals surface area contributed by atoms with E-state index >= 15 is 0 Å². The van der Waals surface area contributed by atoms with Crippen molar-refractivity contribution in [2.45, 2.75) is 70.5 Å². The summed E-state index contributed by atoms with van der Waals surface area (Å²) >= 11 is 0. The molecule has 0 unspecified atom stereocenters. The van der Waals surface area contributed by atoms with Gasteiger partial charge in [0, 0.05) is 42.3 Å². The van der Waals surface area contributed by atoms with Crippen LogP contribution in [-0.2, 0) is 16.6 Å². The minimum Gasteiger partial charge on any atom is -0.486 e. The highest BCUT2D eigenvalue weighted by Gasteiger charge is 2.65. The first-order valence-electron chi connectivity index (χ1n) is 10.5. The minimum atomic E-state index is -0.575. The Morgan fingerprint density at radius 3 is 2.86 bits per heavy atom. The Kier molecular flexibility index (Phi) is 6.22. The molecule has 0 bridgehead atoms. The Morgan fingerprint density at radius 2 is 2.17 bits per heavy atom. The lowest BCUT2D eigenvalue weighted by Crippen LogP contribution is -2.45. The maximum Gasteiger partial charge on any atom is 0.159 e. The topological polar surface area (TPSA) is 66.8 Å². The number of allylic oxidation sites excluding steroid dienone is 1. The van der Waals surface area contributed by atoms with Gasteiger partial charge in [0.15, 0.2) is 5.78 Å². The van der Waals surface area contributed by atoms with E-state index in [0.29, 0.717) is 19.3 Å². The van der Waals surface area contributed by atoms with Crippen molar-refractivity contribution in [2.75, 3.05) is 6.61 Å². The van der Waals surface area contributed by atoms with E-state index in [2.05, 4.69) is 31.8 Å². The summed E-state index contributed by atoms with van der Waals surface area (Å²) in [6.45, 7) is 7.99. The molecule has 1 heterocycles. The number of ether oxygens (including phenoxy) is 1. The molecule has 156 valence electrons. The number of para-hydroxylation sites is 1. The summed E-state index contributed by atoms with van der Waals surface area (Å²) in [5, 5.41) is 20.1. The Morgan fingerprint density at radius 1 is 1.41 bits per heavy atom. The molecule has 0 saturated heterocycles. The summed E-state index contributed by atoms with van der Waals surface area (Å²) < 4.78 is 6.48. The van der Waals surface area contributed by atoms with E-state index in [4.69, 9.17) is 4.74 Å². The summed E-state index contributed by atoms with van der Waals surface area (Å²) in [4.78, 5) is 12.5. The number of benzene rings is 1. The monoisotopic (exact) mass is 396 g/mol. The summed E-state index contributed by atoms with van der Waals surface area (Å²) in [5.74, 6) is 6.34. The third-order valence-corrected chi connectivity index (χ3v) is 6.90. The number of fused-ring (bicyclic) bond motifs is 3. The third kappa shape index (κ3) is 3.63. The van der Waals surface area contributed by atoms with Gasteiger partial charge in [0.2, 0.25) is 0 Å². The molecule has 0 amide bonds. The maximum absolute atomic E-state index is 12.5. The Balaban J connectivity index is 1.93. The van der Waals surface area contributed by atoms with Crippen LogP contribution in [-0.4, -0.2) is 34.3 Å². The molecule has 1 fully saturated rings. The number of ketones is 1. The van der Waals surface area contributed by atoms with Gasteiger partial charge in [0.1, 0.15) is 11.4 Å². The highest BCUT2D eigenvalue weighted by atomic mass is 16.5. The second kappa shape index (κ2) is 8.34. The van der Waals surface area contributed by atoms with Gasteiger partial charge < -0.3 is 14.9 Å². The Bertz CT molecular complexity index is 861. The number of carbonyl (C=O) groups excluding carboxylic acids is 1. The second-order valence-corrected chi connectivity index (χ2v) is 8.75. The molecule has 1 aromatic rings. The van der Waals surface area contributed by atoms with Crippen LogP contribution in [0.25, 0.3) is 0 Å². The SMILES string of the molecule is CC#CC[C@H](C)C(=O)/C=C/[C@H]1[C@H](O)C[C@]2(C)Oc3c(CCCO)cccc3[C@]12C. The molecule has 0 aromatic heterocycles. The van der Waals surface area contributed by atoms with Gasteiger partial charge in [-0.25, -0.2) is 0 Å². The van der Waals surface area contributed by atoms with Crippen molar-refractivity contribution in [3.8, 4) is 17.6 Å². The number of carbonyl (C=O) groups is 1. The van der Waals surface area contributed by atoms with E-state index in [1.54, 1.807) is 13.0 Å². The zero-order chi connectivity index (χ0) is 21.2. The summed E-state index contributed by atoms with van der Waals surface area (Å²) in [7, 11) is 0. The molecule has 29 heavy (non-hydrogen) atoms. The van der Waals surface area contributed by atoms with Crippen LogP contribution in [0.2, 0.25) is 0 Å². The molecule has 4 heteroatoms. The lowest BCUT2D eigenvalue weighted by molar-refractivity contribution is -0.117. The van der Waals surface area contributed by atoms with Crippen molar-refractivity contribution < 1.29 is 19.7 Å². The molecule has 0 radical (unpaired) electrons. The van der Waals surface area contributed by atoms with Crippen LogP contribution in [0.1, 0.15) is 58.1 Å². The van der Waals surface area contributed by atoms with Crippen LogP contribution in [0.5, 0.6) is 5.75 Å². The molecule has 3 rings (SSSR count). The first kappa shape index (κ1) is 21.6. The molecule has 0 spiro atoms. The second-order valence-electron chi connectivity index (χ2n) is 8.75. The molecular weight excluding hydrogens is 364 g/mol. The van der Waals surface area contributed by atoms with Crippen molar-refractivity contribution >= 4 is 5.78 Å². The normalized spacial score (nSPS) is 31.0. The number of aliphatic hydroxyl groups is 2. The molecule has 1 aromatic carbocycles. The minimum absolute atomic E-state index is 0.0352. The van der Waals surface area contributed by atoms with Crippen molar-refractivity contribution in [1.82, 2.24) is 0 Å². The van der Waals surface area contributed by atoms with Gasteiger partial charge in [-0.05, 0) is 38.3 Å². The zero-order valence-electron chi connectivity index (χ0n) is 17.9. The number of hydrogen-bond acceptors (Lipinski definition) is 4. The van der Waals surface area contributed by atoms with Crippen molar-refractivity contribution in [3.05, 3.63) is 41.5 Å². The molecule has 2 aliphatic rings. The zero-order valence-corrected chi connectivity index (χ0v) is 17.9. The fraction of sp³-hybridized carbons (Fsp3) is 0.560. The van der Waals surface area contributed by atoms with Gasteiger partial charge in [-0.15, -0.1) is 11.8 Å². The van der Waals surface area contributed by atoms with Crippen molar-refractivity contribution in [1.29, 1.82) is 0 Å². The van der Waals surface area contributed by atoms with Gasteiger partial charge in [-0.1, -0.05) is 38.1 Å². The standard InChI is InChI=1S/C25H32O4/c1-5-6-9-17(2)21(27)14-13-19-22(28)16-24(3)25(19,4)20-12-7-10-18(11-8-15-26)23(20)29-24/h7,10,12-14,17,19,22,26,28H,8-9,11,15-16H2,1-4H3/b14-13+/t17-,19-,22+,24-,25-/m0/s1. The molecule has 1 aliphatic heterocycles. The fourth-order valence-electron chi connectivity index (χ4n) is 4.93. The highest BCUT2D eigenvalue weighted by molar-refractivity contribution is 5.91. The summed E-state index contributed by atoms with van der Waals surface area (Å²) in [5.41, 5.74) is 1.20. The van der Waals surface area contributed by atoms with E-state index in [1.807, 2.05) is 25.1 Å². The number of rotatable bonds is 7. The lowest BCUT2D eigenvalue weighted by Gasteiger charge is -2.36. The molecule has 4 nitrogen and oxygen atoms in total. The first-order chi connectivity index (χ1) is 13.8. The maximum atomic E-state index is 12.5. The van der Waals surface area contributed by atoms with Gasteiger partial charge >= 0.3 is 0 Å². The van der Waals surface area contributed by atoms with Crippen LogP contribution in [0.3, 0.4) is 0 Å². The number of aliphatic hydroxyl groups excluding tert-OH is 2. The van der Waals surface area contributed by atoms with Gasteiger partial charge in [-0.2, -0.15) is 0 Å². The molecule has 5 atom stereocenters. The fourth-order valence-corrected chi connectivity index (χ4v) is 4.93. The van der Waals surface area contributed by atoms with E-state index in [1.165, 1.54) is 0 Å². The van der Waals surface area contributed by atoms with Crippen LogP contribution >= 0.6 is 0 Å². The van der Waals surface area contributed by atoms with Crippen molar-refractivity contribution in [2.24, 2.45) is 11.8 Å². The van der Waals surface area contributed by atoms with Crippen LogP contribution in [0.15, 0.2) is 30.4 Å². The van der Waals surface area contributed by atoms with Crippen LogP contribution in [0.4, 0.5) is 0 Å². The number of hydrogen-bond donors (Lipinski definition) is 2. The predicted molar refractivity (Wildman–Crippen MR) is 114 cm³/mol. The summed E-state index contributed by atoms with van der Waals surface area (Å²) in [6.07, 6.45) is 5.43. The molecular formula is C25H32O4. The Hall–Kier alpha value is -2.09. The average Bonchev–Trinajstić information content (AvgIpc) is 3.03. The molecule has 1 aliphatic carbocycles. The number of aryl methyl sites for hydroxylation is 1. The van der Waals surface area contributed by atoms with Gasteiger partial charge in [0.05, 0.1) is 6.10 Å². The smallest absolute Gasteiger partial charge is 0.159 e. The molecule has 1 saturated carbocycles. The van der Waals surface area contributed by atoms with E-state index in [9.17, 15) is 15.0 Å². The lowest BCUT2D eigenvalue weighted by atomic mass is 9.67. The quantitative estimate of drug-likeness (QED) is 0.546. The van der Waals surface area contributed by atoms with E-state index < -0.39 is 17.1 Å². The van der Waals surface area contributed by atoms with Crippen LogP contribution < -0.4 is 4.74 Å². The van der Waals surface area contributed by atoms with E-state index in [-0.39, 0.29) is 24.2 Å². The molecule has 2 N–H and O–H groups in total. The summed E-state index contributed by atoms with van der Waals surface area (Å²) in [6, 6.07) is 6.14. The highest BCUT2D eigenvalue weighted by Crippen LogP contribution is 2.61. The van der Waals surface area contributed by atoms with Crippen LogP contribution in [0, 0.1) is 23.7 Å². The first-order valence-corrected chi connectivity index (χ1v) is 10.5. The predicted octanol–water partition coefficient (Wildman–Crippen LogP) is 3.58. The van der Waals surface area contributed by atoms with Gasteiger partial charge in [0.25, 0.3) is 0 Å². The average molecular weight is 397 g/mol. The van der Waals surface area contributed by atoms with E-state index in [0.717, 1.165) is 23.3 Å².